The predicted octanol–water partition coefficient (Wildman–Crippen LogP) is 3.38. The van der Waals surface area contributed by atoms with Crippen LogP contribution in [-0.2, 0) is 16.1 Å². The summed E-state index contributed by atoms with van der Waals surface area (Å²) in [4.78, 5) is 24.5. The molecule has 2 aromatic carbocycles. The maximum Gasteiger partial charge on any atom is 0.255 e. The third-order valence-electron chi connectivity index (χ3n) is 3.64. The lowest BCUT2D eigenvalue weighted by atomic mass is 10.2. The van der Waals surface area contributed by atoms with Gasteiger partial charge < -0.3 is 20.1 Å². The molecule has 0 aromatic heterocycles. The van der Waals surface area contributed by atoms with Crippen molar-refractivity contribution in [2.75, 3.05) is 18.5 Å². The van der Waals surface area contributed by atoms with Crippen LogP contribution >= 0.6 is 0 Å². The van der Waals surface area contributed by atoms with Gasteiger partial charge in [0.2, 0.25) is 5.91 Å². The summed E-state index contributed by atoms with van der Waals surface area (Å²) >= 11 is 0. The molecule has 2 N–H and O–H groups in total. The molecule has 0 saturated heterocycles. The molecule has 6 heteroatoms. The normalized spacial score (nSPS) is 10.5. The van der Waals surface area contributed by atoms with Gasteiger partial charge in [-0.1, -0.05) is 24.3 Å². The number of nitrogens with one attached hydrogen (secondary N) is 2. The molecule has 144 valence electrons. The van der Waals surface area contributed by atoms with E-state index in [2.05, 4.69) is 10.6 Å². The minimum Gasteiger partial charge on any atom is -0.493 e. The Morgan fingerprint density at radius 2 is 1.85 bits per heavy atom. The molecule has 0 heterocycles. The molecule has 0 aliphatic heterocycles. The number of hydrogen-bond acceptors (Lipinski definition) is 4. The second-order valence-corrected chi connectivity index (χ2v) is 6.22. The van der Waals surface area contributed by atoms with Crippen molar-refractivity contribution in [2.24, 2.45) is 0 Å². The van der Waals surface area contributed by atoms with Crippen LogP contribution in [0.1, 0.15) is 36.7 Å². The molecule has 0 aliphatic rings. The third-order valence-corrected chi connectivity index (χ3v) is 3.64. The van der Waals surface area contributed by atoms with Gasteiger partial charge >= 0.3 is 0 Å². The Hall–Kier alpha value is -2.86. The lowest BCUT2D eigenvalue weighted by Gasteiger charge is -2.11. The minimum atomic E-state index is -0.353. The fourth-order valence-electron chi connectivity index (χ4n) is 2.40. The van der Waals surface area contributed by atoms with E-state index in [0.29, 0.717) is 30.2 Å². The molecular formula is C21H26N2O4. The van der Waals surface area contributed by atoms with Crippen molar-refractivity contribution < 1.29 is 19.1 Å². The van der Waals surface area contributed by atoms with Gasteiger partial charge in [-0.25, -0.2) is 0 Å². The van der Waals surface area contributed by atoms with E-state index in [4.69, 9.17) is 9.47 Å². The monoisotopic (exact) mass is 370 g/mol. The van der Waals surface area contributed by atoms with Crippen LogP contribution in [0.2, 0.25) is 0 Å². The number of carbonyl (C=O) groups excluding carboxylic acids is 2. The quantitative estimate of drug-likeness (QED) is 0.709. The van der Waals surface area contributed by atoms with E-state index < -0.39 is 0 Å². The molecule has 0 bridgehead atoms. The van der Waals surface area contributed by atoms with Crippen LogP contribution in [0.5, 0.6) is 5.75 Å². The lowest BCUT2D eigenvalue weighted by molar-refractivity contribution is -0.115. The van der Waals surface area contributed by atoms with Gasteiger partial charge in [0.1, 0.15) is 5.75 Å². The number of carbonyl (C=O) groups is 2. The number of rotatable bonds is 9. The number of ether oxygens (including phenoxy) is 2. The number of para-hydroxylation sites is 1. The molecule has 0 spiro atoms. The summed E-state index contributed by atoms with van der Waals surface area (Å²) in [5, 5.41) is 5.39. The van der Waals surface area contributed by atoms with Crippen LogP contribution in [0.15, 0.2) is 48.5 Å². The van der Waals surface area contributed by atoms with Crippen molar-refractivity contribution in [3.05, 3.63) is 59.7 Å². The van der Waals surface area contributed by atoms with Gasteiger partial charge in [-0.3, -0.25) is 9.59 Å². The van der Waals surface area contributed by atoms with E-state index in [1.54, 1.807) is 30.3 Å². The average molecular weight is 370 g/mol. The Morgan fingerprint density at radius 1 is 1.07 bits per heavy atom. The Morgan fingerprint density at radius 3 is 2.59 bits per heavy atom. The first-order valence-electron chi connectivity index (χ1n) is 9.00. The van der Waals surface area contributed by atoms with Crippen LogP contribution in [0, 0.1) is 0 Å². The van der Waals surface area contributed by atoms with E-state index in [1.807, 2.05) is 39.0 Å². The second kappa shape index (κ2) is 10.3. The zero-order chi connectivity index (χ0) is 19.6. The Bertz CT molecular complexity index is 774. The summed E-state index contributed by atoms with van der Waals surface area (Å²) in [6, 6.07) is 14.4. The Kier molecular flexibility index (Phi) is 7.82. The van der Waals surface area contributed by atoms with Gasteiger partial charge in [-0.2, -0.15) is 0 Å². The Balaban J connectivity index is 1.89. The SMILES string of the molecule is CCOc1ccccc1C(=O)NCC(=O)Nc1cccc(COC(C)C)c1. The van der Waals surface area contributed by atoms with Crippen molar-refractivity contribution in [1.29, 1.82) is 0 Å². The fourth-order valence-corrected chi connectivity index (χ4v) is 2.40. The summed E-state index contributed by atoms with van der Waals surface area (Å²) in [6.45, 7) is 6.60. The number of anilines is 1. The highest BCUT2D eigenvalue weighted by atomic mass is 16.5. The number of benzene rings is 2. The third kappa shape index (κ3) is 6.75. The van der Waals surface area contributed by atoms with E-state index in [-0.39, 0.29) is 24.5 Å². The summed E-state index contributed by atoms with van der Waals surface area (Å²) in [5.74, 6) is -0.164. The Labute approximate surface area is 159 Å². The first-order valence-corrected chi connectivity index (χ1v) is 9.00. The molecule has 0 saturated carbocycles. The van der Waals surface area contributed by atoms with Gasteiger partial charge in [0, 0.05) is 5.69 Å². The zero-order valence-corrected chi connectivity index (χ0v) is 16.0. The summed E-state index contributed by atoms with van der Waals surface area (Å²) in [5.41, 5.74) is 2.03. The van der Waals surface area contributed by atoms with Crippen molar-refractivity contribution >= 4 is 17.5 Å². The van der Waals surface area contributed by atoms with Crippen LogP contribution in [0.25, 0.3) is 0 Å². The predicted molar refractivity (Wildman–Crippen MR) is 105 cm³/mol. The van der Waals surface area contributed by atoms with Crippen molar-refractivity contribution in [2.45, 2.75) is 33.5 Å². The molecule has 27 heavy (non-hydrogen) atoms. The van der Waals surface area contributed by atoms with Gasteiger partial charge in [0.15, 0.2) is 0 Å². The maximum atomic E-state index is 12.3. The van der Waals surface area contributed by atoms with Crippen LogP contribution in [0.4, 0.5) is 5.69 Å². The molecule has 0 aliphatic carbocycles. The molecule has 0 radical (unpaired) electrons. The van der Waals surface area contributed by atoms with E-state index in [1.165, 1.54) is 0 Å². The molecule has 6 nitrogen and oxygen atoms in total. The van der Waals surface area contributed by atoms with Crippen molar-refractivity contribution in [3.8, 4) is 5.75 Å². The fraction of sp³-hybridized carbons (Fsp3) is 0.333. The molecule has 2 aromatic rings. The number of hydrogen-bond donors (Lipinski definition) is 2. The first-order chi connectivity index (χ1) is 13.0. The lowest BCUT2D eigenvalue weighted by Crippen LogP contribution is -2.33. The summed E-state index contributed by atoms with van der Waals surface area (Å²) in [7, 11) is 0. The van der Waals surface area contributed by atoms with E-state index in [9.17, 15) is 9.59 Å². The summed E-state index contributed by atoms with van der Waals surface area (Å²) < 4.78 is 11.0. The second-order valence-electron chi connectivity index (χ2n) is 6.22. The topological polar surface area (TPSA) is 76.7 Å². The van der Waals surface area contributed by atoms with Crippen LogP contribution in [0.3, 0.4) is 0 Å². The largest absolute Gasteiger partial charge is 0.493 e. The molecule has 0 atom stereocenters. The maximum absolute atomic E-state index is 12.3. The molecular weight excluding hydrogens is 344 g/mol. The van der Waals surface area contributed by atoms with Crippen LogP contribution in [-0.4, -0.2) is 31.1 Å². The highest BCUT2D eigenvalue weighted by Crippen LogP contribution is 2.17. The van der Waals surface area contributed by atoms with Gasteiger partial charge in [0.25, 0.3) is 5.91 Å². The van der Waals surface area contributed by atoms with Gasteiger partial charge in [-0.15, -0.1) is 0 Å². The molecule has 0 unspecified atom stereocenters. The zero-order valence-electron chi connectivity index (χ0n) is 16.0. The van der Waals surface area contributed by atoms with Gasteiger partial charge in [-0.05, 0) is 50.6 Å². The standard InChI is InChI=1S/C21H26N2O4/c1-4-26-19-11-6-5-10-18(19)21(25)22-13-20(24)23-17-9-7-8-16(12-17)14-27-15(2)3/h5-12,15H,4,13-14H2,1-3H3,(H,22,25)(H,23,24). The molecule has 0 fully saturated rings. The van der Waals surface area contributed by atoms with Crippen molar-refractivity contribution in [1.82, 2.24) is 5.32 Å². The van der Waals surface area contributed by atoms with Crippen molar-refractivity contribution in [3.63, 3.8) is 0 Å². The number of amides is 2. The summed E-state index contributed by atoms with van der Waals surface area (Å²) in [6.07, 6.45) is 0.137. The van der Waals surface area contributed by atoms with Gasteiger partial charge in [0.05, 0.1) is 31.4 Å². The molecule has 2 amide bonds. The first kappa shape index (κ1) is 20.5. The van der Waals surface area contributed by atoms with E-state index >= 15 is 0 Å². The highest BCUT2D eigenvalue weighted by molar-refractivity contribution is 6.00. The average Bonchev–Trinajstić information content (AvgIpc) is 2.65. The smallest absolute Gasteiger partial charge is 0.255 e. The van der Waals surface area contributed by atoms with E-state index in [0.717, 1.165) is 5.56 Å². The van der Waals surface area contributed by atoms with Crippen LogP contribution < -0.4 is 15.4 Å². The minimum absolute atomic E-state index is 0.133. The molecule has 2 rings (SSSR count). The highest BCUT2D eigenvalue weighted by Gasteiger charge is 2.13.